The number of carbonyl (C=O) groups excluding carboxylic acids is 1. The van der Waals surface area contributed by atoms with Crippen molar-refractivity contribution >= 4 is 11.6 Å². The van der Waals surface area contributed by atoms with E-state index in [1.165, 1.54) is 12.8 Å². The van der Waals surface area contributed by atoms with Gasteiger partial charge in [-0.3, -0.25) is 4.79 Å². The molecule has 0 radical (unpaired) electrons. The number of hydrogen-bond donors (Lipinski definition) is 3. The van der Waals surface area contributed by atoms with Crippen LogP contribution < -0.4 is 11.1 Å². The molecule has 0 unspecified atom stereocenters. The Hall–Kier alpha value is -1.49. The summed E-state index contributed by atoms with van der Waals surface area (Å²) in [7, 11) is 0. The second-order valence-corrected chi connectivity index (χ2v) is 4.15. The molecule has 0 bridgehead atoms. The standard InChI is InChI=1S/C11H18N4O/c12-9-7-10(14-8-9)11(16)13-3-6-15-4-1-2-5-15/h7-8,14H,1-6,12H2,(H,13,16). The SMILES string of the molecule is Nc1c[nH]c(C(=O)NCCN2CCCC2)c1. The smallest absolute Gasteiger partial charge is 0.267 e. The maximum atomic E-state index is 11.6. The molecular weight excluding hydrogens is 204 g/mol. The van der Waals surface area contributed by atoms with Crippen LogP contribution in [0.1, 0.15) is 23.3 Å². The third kappa shape index (κ3) is 2.76. The van der Waals surface area contributed by atoms with Crippen LogP contribution in [0.5, 0.6) is 0 Å². The van der Waals surface area contributed by atoms with E-state index in [4.69, 9.17) is 5.73 Å². The number of nitrogens with one attached hydrogen (secondary N) is 2. The van der Waals surface area contributed by atoms with Crippen LogP contribution in [-0.4, -0.2) is 42.0 Å². The number of H-pyrrole nitrogens is 1. The number of nitrogens with two attached hydrogens (primary N) is 1. The Kier molecular flexibility index (Phi) is 3.46. The van der Waals surface area contributed by atoms with Gasteiger partial charge in [-0.1, -0.05) is 0 Å². The first-order chi connectivity index (χ1) is 7.75. The van der Waals surface area contributed by atoms with Crippen molar-refractivity contribution in [2.45, 2.75) is 12.8 Å². The quantitative estimate of drug-likeness (QED) is 0.691. The average Bonchev–Trinajstić information content (AvgIpc) is 2.89. The average molecular weight is 222 g/mol. The van der Waals surface area contributed by atoms with E-state index in [0.29, 0.717) is 17.9 Å². The number of anilines is 1. The monoisotopic (exact) mass is 222 g/mol. The third-order valence-electron chi connectivity index (χ3n) is 2.86. The minimum absolute atomic E-state index is 0.0871. The molecule has 1 aromatic heterocycles. The Balaban J connectivity index is 1.71. The predicted molar refractivity (Wildman–Crippen MR) is 63.2 cm³/mol. The van der Waals surface area contributed by atoms with Gasteiger partial charge in [0.2, 0.25) is 0 Å². The lowest BCUT2D eigenvalue weighted by molar-refractivity contribution is 0.0945. The molecule has 88 valence electrons. The molecule has 1 saturated heterocycles. The van der Waals surface area contributed by atoms with E-state index in [1.807, 2.05) is 0 Å². The summed E-state index contributed by atoms with van der Waals surface area (Å²) in [6.45, 7) is 3.94. The number of likely N-dealkylation sites (tertiary alicyclic amines) is 1. The predicted octanol–water partition coefficient (Wildman–Crippen LogP) is 0.422. The van der Waals surface area contributed by atoms with Crippen LogP contribution in [0.25, 0.3) is 0 Å². The summed E-state index contributed by atoms with van der Waals surface area (Å²) in [5.41, 5.74) is 6.64. The van der Waals surface area contributed by atoms with Gasteiger partial charge in [0.15, 0.2) is 0 Å². The molecule has 1 amide bonds. The Labute approximate surface area is 95.0 Å². The molecule has 1 fully saturated rings. The maximum Gasteiger partial charge on any atom is 0.267 e. The fourth-order valence-corrected chi connectivity index (χ4v) is 1.97. The summed E-state index contributed by atoms with van der Waals surface area (Å²) in [6.07, 6.45) is 4.18. The highest BCUT2D eigenvalue weighted by Crippen LogP contribution is 2.06. The Morgan fingerprint density at radius 3 is 2.88 bits per heavy atom. The molecule has 5 nitrogen and oxygen atoms in total. The minimum Gasteiger partial charge on any atom is -0.397 e. The summed E-state index contributed by atoms with van der Waals surface area (Å²) in [5, 5.41) is 2.87. The second-order valence-electron chi connectivity index (χ2n) is 4.15. The van der Waals surface area contributed by atoms with Crippen LogP contribution in [0.2, 0.25) is 0 Å². The highest BCUT2D eigenvalue weighted by atomic mass is 16.1. The molecule has 2 heterocycles. The molecule has 0 saturated carbocycles. The Morgan fingerprint density at radius 1 is 1.50 bits per heavy atom. The van der Waals surface area contributed by atoms with E-state index in [0.717, 1.165) is 19.6 Å². The first-order valence-corrected chi connectivity index (χ1v) is 5.70. The van der Waals surface area contributed by atoms with Crippen LogP contribution in [0.15, 0.2) is 12.3 Å². The molecule has 1 aromatic rings. The van der Waals surface area contributed by atoms with Crippen molar-refractivity contribution < 1.29 is 4.79 Å². The molecule has 1 aliphatic rings. The number of hydrogen-bond acceptors (Lipinski definition) is 3. The Bertz CT molecular complexity index is 355. The van der Waals surface area contributed by atoms with Gasteiger partial charge in [-0.25, -0.2) is 0 Å². The molecule has 5 heteroatoms. The lowest BCUT2D eigenvalue weighted by Crippen LogP contribution is -2.33. The number of rotatable bonds is 4. The molecule has 0 aromatic carbocycles. The molecule has 2 rings (SSSR count). The summed E-state index contributed by atoms with van der Waals surface area (Å²) in [5.74, 6) is -0.0871. The number of aromatic nitrogens is 1. The van der Waals surface area contributed by atoms with Crippen molar-refractivity contribution in [3.63, 3.8) is 0 Å². The summed E-state index contributed by atoms with van der Waals surface area (Å²) < 4.78 is 0. The first kappa shape index (κ1) is 11.0. The van der Waals surface area contributed by atoms with Crippen molar-refractivity contribution in [2.24, 2.45) is 0 Å². The van der Waals surface area contributed by atoms with Crippen LogP contribution >= 0.6 is 0 Å². The Morgan fingerprint density at radius 2 is 2.25 bits per heavy atom. The second kappa shape index (κ2) is 5.03. The zero-order chi connectivity index (χ0) is 11.4. The minimum atomic E-state index is -0.0871. The zero-order valence-corrected chi connectivity index (χ0v) is 9.33. The van der Waals surface area contributed by atoms with Gasteiger partial charge in [0, 0.05) is 25.0 Å². The summed E-state index contributed by atoms with van der Waals surface area (Å²) >= 11 is 0. The van der Waals surface area contributed by atoms with Crippen LogP contribution in [0.3, 0.4) is 0 Å². The largest absolute Gasteiger partial charge is 0.397 e. The fourth-order valence-electron chi connectivity index (χ4n) is 1.97. The highest BCUT2D eigenvalue weighted by Gasteiger charge is 2.12. The number of nitrogen functional groups attached to an aromatic ring is 1. The van der Waals surface area contributed by atoms with Crippen LogP contribution in [0, 0.1) is 0 Å². The van der Waals surface area contributed by atoms with Gasteiger partial charge in [0.05, 0.1) is 0 Å². The molecule has 0 atom stereocenters. The topological polar surface area (TPSA) is 74.1 Å². The molecular formula is C11H18N4O. The van der Waals surface area contributed by atoms with Gasteiger partial charge in [-0.2, -0.15) is 0 Å². The van der Waals surface area contributed by atoms with E-state index >= 15 is 0 Å². The van der Waals surface area contributed by atoms with Crippen LogP contribution in [-0.2, 0) is 0 Å². The highest BCUT2D eigenvalue weighted by molar-refractivity contribution is 5.93. The fraction of sp³-hybridized carbons (Fsp3) is 0.545. The normalized spacial score (nSPS) is 16.5. The van der Waals surface area contributed by atoms with E-state index in [2.05, 4.69) is 15.2 Å². The van der Waals surface area contributed by atoms with Gasteiger partial charge >= 0.3 is 0 Å². The number of aromatic amines is 1. The zero-order valence-electron chi connectivity index (χ0n) is 9.33. The molecule has 1 aliphatic heterocycles. The van der Waals surface area contributed by atoms with E-state index in [-0.39, 0.29) is 5.91 Å². The van der Waals surface area contributed by atoms with Crippen LogP contribution in [0.4, 0.5) is 5.69 Å². The van der Waals surface area contributed by atoms with Crippen molar-refractivity contribution in [3.05, 3.63) is 18.0 Å². The van der Waals surface area contributed by atoms with Gasteiger partial charge < -0.3 is 20.9 Å². The molecule has 16 heavy (non-hydrogen) atoms. The van der Waals surface area contributed by atoms with E-state index < -0.39 is 0 Å². The lowest BCUT2D eigenvalue weighted by Gasteiger charge is -2.14. The van der Waals surface area contributed by atoms with Crippen molar-refractivity contribution in [3.8, 4) is 0 Å². The van der Waals surface area contributed by atoms with Gasteiger partial charge in [0.1, 0.15) is 5.69 Å². The van der Waals surface area contributed by atoms with Crippen molar-refractivity contribution in [2.75, 3.05) is 31.9 Å². The third-order valence-corrected chi connectivity index (χ3v) is 2.86. The van der Waals surface area contributed by atoms with E-state index in [1.54, 1.807) is 12.3 Å². The molecule has 0 aliphatic carbocycles. The van der Waals surface area contributed by atoms with Gasteiger partial charge in [-0.05, 0) is 32.0 Å². The number of carbonyl (C=O) groups is 1. The number of amides is 1. The molecule has 4 N–H and O–H groups in total. The van der Waals surface area contributed by atoms with Crippen molar-refractivity contribution in [1.82, 2.24) is 15.2 Å². The molecule has 0 spiro atoms. The van der Waals surface area contributed by atoms with Gasteiger partial charge in [0.25, 0.3) is 5.91 Å². The van der Waals surface area contributed by atoms with Crippen molar-refractivity contribution in [1.29, 1.82) is 0 Å². The van der Waals surface area contributed by atoms with E-state index in [9.17, 15) is 4.79 Å². The lowest BCUT2D eigenvalue weighted by atomic mass is 10.4. The first-order valence-electron chi connectivity index (χ1n) is 5.70. The van der Waals surface area contributed by atoms with Gasteiger partial charge in [-0.15, -0.1) is 0 Å². The summed E-state index contributed by atoms with van der Waals surface area (Å²) in [6, 6.07) is 1.64. The summed E-state index contributed by atoms with van der Waals surface area (Å²) in [4.78, 5) is 16.8. The number of nitrogens with zero attached hydrogens (tertiary/aromatic N) is 1. The maximum absolute atomic E-state index is 11.6.